The average Bonchev–Trinajstić information content (AvgIpc) is 2.77. The Morgan fingerprint density at radius 2 is 1.88 bits per heavy atom. The van der Waals surface area contributed by atoms with Gasteiger partial charge in [0.1, 0.15) is 0 Å². The predicted octanol–water partition coefficient (Wildman–Crippen LogP) is 3.16. The number of amides is 1. The van der Waals surface area contributed by atoms with Crippen LogP contribution in [0.2, 0.25) is 0 Å². The Bertz CT molecular complexity index is 406. The van der Waals surface area contributed by atoms with Crippen LogP contribution in [0.15, 0.2) is 0 Å². The zero-order valence-corrected chi connectivity index (χ0v) is 15.7. The minimum Gasteiger partial charge on any atom is -0.381 e. The van der Waals surface area contributed by atoms with E-state index >= 15 is 0 Å². The van der Waals surface area contributed by atoms with E-state index in [-0.39, 0.29) is 0 Å². The maximum atomic E-state index is 12.5. The molecule has 0 spiro atoms. The fourth-order valence-corrected chi connectivity index (χ4v) is 4.86. The molecule has 0 radical (unpaired) electrons. The maximum Gasteiger partial charge on any atom is 0.222 e. The van der Waals surface area contributed by atoms with Crippen LogP contribution in [-0.4, -0.2) is 61.1 Å². The molecule has 0 aromatic carbocycles. The van der Waals surface area contributed by atoms with E-state index < -0.39 is 0 Å². The Labute approximate surface area is 147 Å². The largest absolute Gasteiger partial charge is 0.381 e. The summed E-state index contributed by atoms with van der Waals surface area (Å²) in [5, 5.41) is 0. The number of likely N-dealkylation sites (tertiary alicyclic amines) is 2. The van der Waals surface area contributed by atoms with Gasteiger partial charge in [0, 0.05) is 45.3 Å². The summed E-state index contributed by atoms with van der Waals surface area (Å²) in [6, 6.07) is 0.707. The Balaban J connectivity index is 1.58. The van der Waals surface area contributed by atoms with Gasteiger partial charge in [0.15, 0.2) is 0 Å². The highest BCUT2D eigenvalue weighted by Crippen LogP contribution is 2.32. The smallest absolute Gasteiger partial charge is 0.222 e. The molecule has 3 fully saturated rings. The standard InChI is InChI=1S/C20H36N2O2/c1-16(2)13-20(23)22-10-6-19-18(15-22)5-3-4-9-21(19)14-17-7-11-24-12-8-17/h16-19H,3-15H2,1-2H3/t18-,19+/m0/s1. The van der Waals surface area contributed by atoms with Crippen LogP contribution in [0, 0.1) is 17.8 Å². The lowest BCUT2D eigenvalue weighted by Gasteiger charge is -2.44. The van der Waals surface area contributed by atoms with E-state index in [2.05, 4.69) is 23.6 Å². The van der Waals surface area contributed by atoms with E-state index in [0.29, 0.717) is 30.2 Å². The Morgan fingerprint density at radius 1 is 1.08 bits per heavy atom. The molecular weight excluding hydrogens is 300 g/mol. The van der Waals surface area contributed by atoms with Crippen molar-refractivity contribution in [3.8, 4) is 0 Å². The number of rotatable bonds is 4. The van der Waals surface area contributed by atoms with Crippen LogP contribution in [0.3, 0.4) is 0 Å². The molecule has 0 bridgehead atoms. The molecule has 4 heteroatoms. The molecule has 24 heavy (non-hydrogen) atoms. The van der Waals surface area contributed by atoms with E-state index in [1.165, 1.54) is 51.6 Å². The normalized spacial score (nSPS) is 30.2. The van der Waals surface area contributed by atoms with Crippen LogP contribution in [0.25, 0.3) is 0 Å². The van der Waals surface area contributed by atoms with Crippen LogP contribution >= 0.6 is 0 Å². The number of ether oxygens (including phenoxy) is 1. The minimum atomic E-state index is 0.378. The fraction of sp³-hybridized carbons (Fsp3) is 0.950. The summed E-state index contributed by atoms with van der Waals surface area (Å²) in [4.78, 5) is 17.4. The highest BCUT2D eigenvalue weighted by molar-refractivity contribution is 5.76. The lowest BCUT2D eigenvalue weighted by Crippen LogP contribution is -2.53. The molecular formula is C20H36N2O2. The number of carbonyl (C=O) groups is 1. The number of fused-ring (bicyclic) bond motifs is 1. The van der Waals surface area contributed by atoms with Gasteiger partial charge in [0.25, 0.3) is 0 Å². The molecule has 0 saturated carbocycles. The second kappa shape index (κ2) is 8.66. The van der Waals surface area contributed by atoms with Crippen LogP contribution in [0.1, 0.15) is 58.8 Å². The summed E-state index contributed by atoms with van der Waals surface area (Å²) >= 11 is 0. The summed E-state index contributed by atoms with van der Waals surface area (Å²) in [6.45, 7) is 10.7. The lowest BCUT2D eigenvalue weighted by molar-refractivity contribution is -0.135. The van der Waals surface area contributed by atoms with E-state index in [9.17, 15) is 4.79 Å². The van der Waals surface area contributed by atoms with Gasteiger partial charge < -0.3 is 9.64 Å². The SMILES string of the molecule is CC(C)CC(=O)N1CC[C@@H]2[C@@H](CCCCN2CC2CCOCC2)C1. The number of nitrogens with zero attached hydrogens (tertiary/aromatic N) is 2. The van der Waals surface area contributed by atoms with Gasteiger partial charge in [-0.1, -0.05) is 20.3 Å². The molecule has 3 aliphatic heterocycles. The van der Waals surface area contributed by atoms with Crippen molar-refractivity contribution < 1.29 is 9.53 Å². The Kier molecular flexibility index (Phi) is 6.56. The van der Waals surface area contributed by atoms with Gasteiger partial charge in [-0.2, -0.15) is 0 Å². The molecule has 3 rings (SSSR count). The maximum absolute atomic E-state index is 12.5. The molecule has 0 aromatic rings. The average molecular weight is 337 g/mol. The fourth-order valence-electron chi connectivity index (χ4n) is 4.86. The summed E-state index contributed by atoms with van der Waals surface area (Å²) in [7, 11) is 0. The number of piperidine rings is 1. The summed E-state index contributed by atoms with van der Waals surface area (Å²) < 4.78 is 5.53. The number of hydrogen-bond donors (Lipinski definition) is 0. The first kappa shape index (κ1) is 18.2. The summed E-state index contributed by atoms with van der Waals surface area (Å²) in [5.41, 5.74) is 0. The van der Waals surface area contributed by atoms with Crippen molar-refractivity contribution in [3.05, 3.63) is 0 Å². The molecule has 3 saturated heterocycles. The van der Waals surface area contributed by atoms with Gasteiger partial charge in [-0.15, -0.1) is 0 Å². The lowest BCUT2D eigenvalue weighted by atomic mass is 9.87. The molecule has 0 N–H and O–H groups in total. The van der Waals surface area contributed by atoms with Crippen molar-refractivity contribution >= 4 is 5.91 Å². The van der Waals surface area contributed by atoms with Crippen molar-refractivity contribution in [1.82, 2.24) is 9.80 Å². The topological polar surface area (TPSA) is 32.8 Å². The second-order valence-electron chi connectivity index (χ2n) is 8.60. The predicted molar refractivity (Wildman–Crippen MR) is 96.9 cm³/mol. The quantitative estimate of drug-likeness (QED) is 0.790. The third-order valence-corrected chi connectivity index (χ3v) is 6.20. The van der Waals surface area contributed by atoms with Gasteiger partial charge in [0.05, 0.1) is 0 Å². The van der Waals surface area contributed by atoms with Crippen molar-refractivity contribution in [2.45, 2.75) is 64.8 Å². The van der Waals surface area contributed by atoms with E-state index in [1.807, 2.05) is 0 Å². The first-order valence-corrected chi connectivity index (χ1v) is 10.2. The molecule has 3 aliphatic rings. The zero-order chi connectivity index (χ0) is 16.9. The zero-order valence-electron chi connectivity index (χ0n) is 15.7. The Morgan fingerprint density at radius 3 is 2.62 bits per heavy atom. The van der Waals surface area contributed by atoms with Crippen molar-refractivity contribution in [3.63, 3.8) is 0 Å². The van der Waals surface area contributed by atoms with Gasteiger partial charge in [-0.3, -0.25) is 9.69 Å². The number of hydrogen-bond acceptors (Lipinski definition) is 3. The first-order chi connectivity index (χ1) is 11.6. The third kappa shape index (κ3) is 4.72. The van der Waals surface area contributed by atoms with Gasteiger partial charge in [0.2, 0.25) is 5.91 Å². The van der Waals surface area contributed by atoms with Crippen LogP contribution < -0.4 is 0 Å². The summed E-state index contributed by atoms with van der Waals surface area (Å²) in [5.74, 6) is 2.35. The highest BCUT2D eigenvalue weighted by atomic mass is 16.5. The Hall–Kier alpha value is -0.610. The van der Waals surface area contributed by atoms with Crippen LogP contribution in [0.5, 0.6) is 0 Å². The van der Waals surface area contributed by atoms with E-state index in [4.69, 9.17) is 4.74 Å². The first-order valence-electron chi connectivity index (χ1n) is 10.2. The van der Waals surface area contributed by atoms with Gasteiger partial charge in [-0.25, -0.2) is 0 Å². The van der Waals surface area contributed by atoms with Gasteiger partial charge in [-0.05, 0) is 56.4 Å². The van der Waals surface area contributed by atoms with Crippen LogP contribution in [0.4, 0.5) is 0 Å². The van der Waals surface area contributed by atoms with Crippen molar-refractivity contribution in [2.75, 3.05) is 39.4 Å². The molecule has 0 aliphatic carbocycles. The molecule has 4 nitrogen and oxygen atoms in total. The third-order valence-electron chi connectivity index (χ3n) is 6.20. The molecule has 1 amide bonds. The molecule has 3 heterocycles. The molecule has 138 valence electrons. The number of carbonyl (C=O) groups excluding carboxylic acids is 1. The minimum absolute atomic E-state index is 0.378. The van der Waals surface area contributed by atoms with Crippen LogP contribution in [-0.2, 0) is 9.53 Å². The van der Waals surface area contributed by atoms with Crippen molar-refractivity contribution in [1.29, 1.82) is 0 Å². The second-order valence-corrected chi connectivity index (χ2v) is 8.60. The van der Waals surface area contributed by atoms with Gasteiger partial charge >= 0.3 is 0 Å². The monoisotopic (exact) mass is 336 g/mol. The van der Waals surface area contributed by atoms with E-state index in [0.717, 1.165) is 32.2 Å². The van der Waals surface area contributed by atoms with Crippen molar-refractivity contribution in [2.24, 2.45) is 17.8 Å². The highest BCUT2D eigenvalue weighted by Gasteiger charge is 2.36. The molecule has 0 aromatic heterocycles. The molecule has 0 unspecified atom stereocenters. The van der Waals surface area contributed by atoms with E-state index in [1.54, 1.807) is 0 Å². The molecule has 2 atom stereocenters. The summed E-state index contributed by atoms with van der Waals surface area (Å²) in [6.07, 6.45) is 8.31.